The second kappa shape index (κ2) is 8.37. The van der Waals surface area contributed by atoms with Crippen molar-refractivity contribution >= 4 is 11.8 Å². The first-order valence-corrected chi connectivity index (χ1v) is 9.80. The van der Waals surface area contributed by atoms with Crippen LogP contribution in [0.4, 0.5) is 0 Å². The van der Waals surface area contributed by atoms with Gasteiger partial charge in [0.15, 0.2) is 0 Å². The van der Waals surface area contributed by atoms with Gasteiger partial charge in [0.1, 0.15) is 11.9 Å². The van der Waals surface area contributed by atoms with Gasteiger partial charge < -0.3 is 10.1 Å². The van der Waals surface area contributed by atoms with Crippen LogP contribution in [0.2, 0.25) is 0 Å². The van der Waals surface area contributed by atoms with Crippen LogP contribution in [0.15, 0.2) is 59.4 Å². The molecule has 1 N–H and O–H groups in total. The van der Waals surface area contributed by atoms with Gasteiger partial charge in [-0.1, -0.05) is 36.4 Å². The molecule has 0 aromatic heterocycles. The summed E-state index contributed by atoms with van der Waals surface area (Å²) in [4.78, 5) is 4.35. The van der Waals surface area contributed by atoms with E-state index >= 15 is 0 Å². The minimum absolute atomic E-state index is 0.190. The number of ether oxygens (including phenoxy) is 1. The molecular formula is C23H25N3O. The standard InChI is InChI=1S/C23H25N3O/c24-9-2-4-17-3-1-5-18(13-17)20-14-19-6-10-26-16-22(19)23(15-20)27-21-7-11-25-12-8-21/h1,3,5-6,10,13-16,19,21-22,25H,2,4,7-8,11-12H2/t19?,22-/m1/s1. The molecule has 1 aromatic rings. The summed E-state index contributed by atoms with van der Waals surface area (Å²) in [5.74, 6) is 1.50. The molecule has 27 heavy (non-hydrogen) atoms. The maximum Gasteiger partial charge on any atom is 0.106 e. The van der Waals surface area contributed by atoms with Crippen LogP contribution in [-0.2, 0) is 11.2 Å². The molecule has 1 fully saturated rings. The molecule has 0 spiro atoms. The van der Waals surface area contributed by atoms with Gasteiger partial charge in [0, 0.05) is 24.8 Å². The Morgan fingerprint density at radius 2 is 2.15 bits per heavy atom. The van der Waals surface area contributed by atoms with Gasteiger partial charge in [0.05, 0.1) is 12.0 Å². The molecule has 138 valence electrons. The summed E-state index contributed by atoms with van der Waals surface area (Å²) in [6, 6.07) is 10.7. The number of aryl methyl sites for hydroxylation is 1. The van der Waals surface area contributed by atoms with Gasteiger partial charge in [-0.2, -0.15) is 5.26 Å². The van der Waals surface area contributed by atoms with E-state index in [1.807, 2.05) is 12.4 Å². The van der Waals surface area contributed by atoms with E-state index in [1.165, 1.54) is 16.7 Å². The van der Waals surface area contributed by atoms with E-state index in [9.17, 15) is 0 Å². The zero-order valence-electron chi connectivity index (χ0n) is 15.5. The van der Waals surface area contributed by atoms with E-state index in [1.54, 1.807) is 0 Å². The molecule has 1 saturated heterocycles. The minimum atomic E-state index is 0.190. The molecule has 4 rings (SSSR count). The number of hydrogen-bond donors (Lipinski definition) is 1. The first-order chi connectivity index (χ1) is 13.3. The third kappa shape index (κ3) is 4.20. The van der Waals surface area contributed by atoms with Gasteiger partial charge in [0.2, 0.25) is 0 Å². The Hall–Kier alpha value is -2.64. The lowest BCUT2D eigenvalue weighted by Gasteiger charge is -2.32. The number of nitrogens with zero attached hydrogens (tertiary/aromatic N) is 2. The number of fused-ring (bicyclic) bond motifs is 1. The van der Waals surface area contributed by atoms with Crippen molar-refractivity contribution < 1.29 is 4.74 Å². The molecule has 0 bridgehead atoms. The second-order valence-corrected chi connectivity index (χ2v) is 7.34. The van der Waals surface area contributed by atoms with Gasteiger partial charge in [-0.15, -0.1) is 0 Å². The largest absolute Gasteiger partial charge is 0.494 e. The Balaban J connectivity index is 1.61. The summed E-state index contributed by atoms with van der Waals surface area (Å²) in [5, 5.41) is 12.2. The molecule has 1 unspecified atom stereocenters. The van der Waals surface area contributed by atoms with Gasteiger partial charge in [0.25, 0.3) is 0 Å². The summed E-state index contributed by atoms with van der Waals surface area (Å²) in [6.07, 6.45) is 14.3. The number of rotatable bonds is 5. The molecule has 0 amide bonds. The van der Waals surface area contributed by atoms with Crippen molar-refractivity contribution in [1.29, 1.82) is 5.26 Å². The van der Waals surface area contributed by atoms with Gasteiger partial charge in [-0.05, 0) is 55.1 Å². The van der Waals surface area contributed by atoms with Gasteiger partial charge in [-0.3, -0.25) is 4.99 Å². The maximum atomic E-state index is 8.85. The summed E-state index contributed by atoms with van der Waals surface area (Å²) in [6.45, 7) is 2.04. The molecule has 2 heterocycles. The van der Waals surface area contributed by atoms with Crippen LogP contribution in [0, 0.1) is 23.2 Å². The second-order valence-electron chi connectivity index (χ2n) is 7.34. The SMILES string of the molecule is N#CCCc1cccc(C2=CC3C=CN=C[C@H]3C(OC3CCNCC3)=C2)c1. The molecule has 3 aliphatic rings. The Morgan fingerprint density at radius 3 is 3.00 bits per heavy atom. The van der Waals surface area contributed by atoms with E-state index in [0.29, 0.717) is 6.42 Å². The van der Waals surface area contributed by atoms with Crippen molar-refractivity contribution in [3.8, 4) is 6.07 Å². The number of aliphatic imine (C=N–C) groups is 1. The van der Waals surface area contributed by atoms with Crippen molar-refractivity contribution in [1.82, 2.24) is 5.32 Å². The number of nitrogens with one attached hydrogen (secondary N) is 1. The van der Waals surface area contributed by atoms with Crippen molar-refractivity contribution in [2.24, 2.45) is 16.8 Å². The topological polar surface area (TPSA) is 57.4 Å². The highest BCUT2D eigenvalue weighted by atomic mass is 16.5. The van der Waals surface area contributed by atoms with E-state index in [0.717, 1.165) is 38.1 Å². The van der Waals surface area contributed by atoms with Crippen LogP contribution in [0.1, 0.15) is 30.4 Å². The highest BCUT2D eigenvalue weighted by molar-refractivity contribution is 5.80. The normalized spacial score (nSPS) is 24.6. The van der Waals surface area contributed by atoms with Crippen molar-refractivity contribution in [3.05, 3.63) is 65.6 Å². The molecule has 0 saturated carbocycles. The quantitative estimate of drug-likeness (QED) is 0.864. The summed E-state index contributed by atoms with van der Waals surface area (Å²) >= 11 is 0. The fourth-order valence-electron chi connectivity index (χ4n) is 3.94. The number of piperidine rings is 1. The Bertz CT molecular complexity index is 837. The predicted molar refractivity (Wildman–Crippen MR) is 108 cm³/mol. The van der Waals surface area contributed by atoms with E-state index in [-0.39, 0.29) is 17.9 Å². The van der Waals surface area contributed by atoms with Crippen molar-refractivity contribution in [2.75, 3.05) is 13.1 Å². The van der Waals surface area contributed by atoms with E-state index in [2.05, 4.69) is 58.9 Å². The number of benzene rings is 1. The molecule has 1 aromatic carbocycles. The Labute approximate surface area is 161 Å². The monoisotopic (exact) mass is 359 g/mol. The van der Waals surface area contributed by atoms with Crippen LogP contribution in [0.25, 0.3) is 5.57 Å². The van der Waals surface area contributed by atoms with Crippen LogP contribution >= 0.6 is 0 Å². The zero-order valence-corrected chi connectivity index (χ0v) is 15.5. The maximum absolute atomic E-state index is 8.85. The van der Waals surface area contributed by atoms with Crippen molar-refractivity contribution in [2.45, 2.75) is 31.8 Å². The molecule has 0 radical (unpaired) electrons. The summed E-state index contributed by atoms with van der Waals surface area (Å²) in [5.41, 5.74) is 3.58. The highest BCUT2D eigenvalue weighted by Gasteiger charge is 2.30. The lowest BCUT2D eigenvalue weighted by molar-refractivity contribution is 0.0735. The average molecular weight is 359 g/mol. The highest BCUT2D eigenvalue weighted by Crippen LogP contribution is 2.36. The van der Waals surface area contributed by atoms with E-state index in [4.69, 9.17) is 10.00 Å². The molecule has 4 nitrogen and oxygen atoms in total. The van der Waals surface area contributed by atoms with Gasteiger partial charge in [-0.25, -0.2) is 0 Å². The average Bonchev–Trinajstić information content (AvgIpc) is 2.73. The van der Waals surface area contributed by atoms with Crippen LogP contribution in [0.3, 0.4) is 0 Å². The van der Waals surface area contributed by atoms with Crippen LogP contribution in [-0.4, -0.2) is 25.4 Å². The molecule has 1 aliphatic carbocycles. The number of hydrogen-bond acceptors (Lipinski definition) is 4. The lowest BCUT2D eigenvalue weighted by atomic mass is 9.82. The van der Waals surface area contributed by atoms with Gasteiger partial charge >= 0.3 is 0 Å². The summed E-state index contributed by atoms with van der Waals surface area (Å²) in [7, 11) is 0. The third-order valence-corrected chi connectivity index (χ3v) is 5.43. The Kier molecular flexibility index (Phi) is 5.50. The fourth-order valence-corrected chi connectivity index (χ4v) is 3.94. The predicted octanol–water partition coefficient (Wildman–Crippen LogP) is 4.02. The lowest BCUT2D eigenvalue weighted by Crippen LogP contribution is -2.34. The third-order valence-electron chi connectivity index (χ3n) is 5.43. The summed E-state index contributed by atoms with van der Waals surface area (Å²) < 4.78 is 6.46. The first kappa shape index (κ1) is 17.8. The Morgan fingerprint density at radius 1 is 1.26 bits per heavy atom. The van der Waals surface area contributed by atoms with E-state index < -0.39 is 0 Å². The van der Waals surface area contributed by atoms with Crippen molar-refractivity contribution in [3.63, 3.8) is 0 Å². The smallest absolute Gasteiger partial charge is 0.106 e. The minimum Gasteiger partial charge on any atom is -0.494 e. The van der Waals surface area contributed by atoms with Crippen LogP contribution in [0.5, 0.6) is 0 Å². The molecular weight excluding hydrogens is 334 g/mol. The first-order valence-electron chi connectivity index (χ1n) is 9.80. The van der Waals surface area contributed by atoms with Crippen LogP contribution < -0.4 is 5.32 Å². The molecule has 2 aliphatic heterocycles. The number of allylic oxidation sites excluding steroid dienone is 5. The number of nitriles is 1. The zero-order chi connectivity index (χ0) is 18.5. The fraction of sp³-hybridized carbons (Fsp3) is 0.391. The molecule has 2 atom stereocenters. The molecule has 4 heteroatoms.